The Kier molecular flexibility index (Phi) is 6.85. The Morgan fingerprint density at radius 1 is 0.875 bits per heavy atom. The number of fused-ring (bicyclic) bond motifs is 3. The fourth-order valence-electron chi connectivity index (χ4n) is 4.40. The molecule has 0 aliphatic heterocycles. The van der Waals surface area contributed by atoms with Crippen LogP contribution in [0.3, 0.4) is 0 Å². The summed E-state index contributed by atoms with van der Waals surface area (Å²) in [4.78, 5) is 23.8. The third-order valence-corrected chi connectivity index (χ3v) is 6.02. The lowest BCUT2D eigenvalue weighted by molar-refractivity contribution is -0.141. The summed E-state index contributed by atoms with van der Waals surface area (Å²) in [6, 6.07) is 26.0. The largest absolute Gasteiger partial charge is 0.481 e. The normalized spacial score (nSPS) is 13.1. The van der Waals surface area contributed by atoms with Crippen molar-refractivity contribution in [2.45, 2.75) is 25.2 Å². The minimum atomic E-state index is -0.810. The lowest BCUT2D eigenvalue weighted by Crippen LogP contribution is -2.28. The van der Waals surface area contributed by atoms with Crippen molar-refractivity contribution in [3.8, 4) is 11.1 Å². The Hall–Kier alpha value is -3.60. The predicted molar refractivity (Wildman–Crippen MR) is 124 cm³/mol. The highest BCUT2D eigenvalue weighted by atomic mass is 16.5. The molecule has 0 bridgehead atoms. The molecule has 2 N–H and O–H groups in total. The highest BCUT2D eigenvalue weighted by Crippen LogP contribution is 2.44. The minimum absolute atomic E-state index is 0.0235. The lowest BCUT2D eigenvalue weighted by atomic mass is 9.95. The molecule has 0 aromatic heterocycles. The van der Waals surface area contributed by atoms with Crippen molar-refractivity contribution in [1.29, 1.82) is 0 Å². The van der Waals surface area contributed by atoms with Crippen LogP contribution in [0.5, 0.6) is 0 Å². The summed E-state index contributed by atoms with van der Waals surface area (Å²) < 4.78 is 5.52. The van der Waals surface area contributed by atoms with E-state index < -0.39 is 18.0 Å². The van der Waals surface area contributed by atoms with Crippen LogP contribution >= 0.6 is 0 Å². The van der Waals surface area contributed by atoms with Crippen LogP contribution in [-0.2, 0) is 16.0 Å². The number of aliphatic carboxylic acids is 1. The maximum absolute atomic E-state index is 12.2. The fourth-order valence-corrected chi connectivity index (χ4v) is 4.40. The number of amides is 1. The molecule has 3 aromatic rings. The summed E-state index contributed by atoms with van der Waals surface area (Å²) in [5.74, 6) is -1.26. The second-order valence-electron chi connectivity index (χ2n) is 8.12. The summed E-state index contributed by atoms with van der Waals surface area (Å²) in [7, 11) is 0. The lowest BCUT2D eigenvalue weighted by Gasteiger charge is -2.15. The zero-order valence-electron chi connectivity index (χ0n) is 17.9. The first-order chi connectivity index (χ1) is 15.6. The van der Waals surface area contributed by atoms with Crippen LogP contribution in [0, 0.1) is 5.92 Å². The van der Waals surface area contributed by atoms with Crippen molar-refractivity contribution < 1.29 is 19.4 Å². The molecule has 1 amide bonds. The zero-order valence-corrected chi connectivity index (χ0v) is 17.9. The second-order valence-corrected chi connectivity index (χ2v) is 8.12. The van der Waals surface area contributed by atoms with E-state index in [-0.39, 0.29) is 12.5 Å². The third-order valence-electron chi connectivity index (χ3n) is 6.02. The van der Waals surface area contributed by atoms with E-state index in [0.29, 0.717) is 25.8 Å². The molecule has 0 spiro atoms. The Morgan fingerprint density at radius 3 is 2.09 bits per heavy atom. The zero-order chi connectivity index (χ0) is 22.3. The molecule has 1 atom stereocenters. The number of carbonyl (C=O) groups excluding carboxylic acids is 1. The smallest absolute Gasteiger partial charge is 0.407 e. The van der Waals surface area contributed by atoms with Gasteiger partial charge in [-0.1, -0.05) is 78.9 Å². The predicted octanol–water partition coefficient (Wildman–Crippen LogP) is 5.25. The van der Waals surface area contributed by atoms with Crippen LogP contribution < -0.4 is 5.32 Å². The molecule has 3 aromatic carbocycles. The van der Waals surface area contributed by atoms with Crippen LogP contribution in [0.2, 0.25) is 0 Å². The molecule has 0 fully saturated rings. The standard InChI is InChI=1S/C27H27NO4/c29-26(30)20(17-19-9-2-1-3-10-19)11-8-16-28-27(31)32-18-25-23-14-6-4-12-21(23)22-13-5-7-15-24(22)25/h1-7,9-10,12-15,20,25H,8,11,16-18H2,(H,28,31)(H,29,30). The number of rotatable bonds is 9. The van der Waals surface area contributed by atoms with Gasteiger partial charge in [-0.2, -0.15) is 0 Å². The van der Waals surface area contributed by atoms with Crippen molar-refractivity contribution in [3.05, 3.63) is 95.6 Å². The molecule has 5 heteroatoms. The molecule has 1 aliphatic carbocycles. The van der Waals surface area contributed by atoms with E-state index in [1.165, 1.54) is 22.3 Å². The number of carboxylic acids is 1. The third kappa shape index (κ3) is 4.99. The van der Waals surface area contributed by atoms with E-state index in [0.717, 1.165) is 5.56 Å². The average Bonchev–Trinajstić information content (AvgIpc) is 3.14. The molecule has 32 heavy (non-hydrogen) atoms. The van der Waals surface area contributed by atoms with Crippen molar-refractivity contribution in [2.75, 3.05) is 13.2 Å². The van der Waals surface area contributed by atoms with Gasteiger partial charge >= 0.3 is 12.1 Å². The van der Waals surface area contributed by atoms with Gasteiger partial charge in [0.25, 0.3) is 0 Å². The number of hydrogen-bond acceptors (Lipinski definition) is 3. The van der Waals surface area contributed by atoms with Gasteiger partial charge in [-0.05, 0) is 47.1 Å². The highest BCUT2D eigenvalue weighted by Gasteiger charge is 2.29. The molecule has 0 radical (unpaired) electrons. The first kappa shape index (κ1) is 21.6. The van der Waals surface area contributed by atoms with Gasteiger partial charge in [0, 0.05) is 12.5 Å². The summed E-state index contributed by atoms with van der Waals surface area (Å²) in [6.07, 6.45) is 1.09. The second kappa shape index (κ2) is 10.1. The minimum Gasteiger partial charge on any atom is -0.481 e. The number of alkyl carbamates (subject to hydrolysis) is 1. The van der Waals surface area contributed by atoms with E-state index in [4.69, 9.17) is 4.74 Å². The molecule has 164 valence electrons. The molecule has 1 aliphatic rings. The molecule has 5 nitrogen and oxygen atoms in total. The number of hydrogen-bond donors (Lipinski definition) is 2. The topological polar surface area (TPSA) is 75.6 Å². The van der Waals surface area contributed by atoms with Crippen LogP contribution in [0.1, 0.15) is 35.4 Å². The molecule has 1 unspecified atom stereocenters. The molecular formula is C27H27NO4. The molecule has 0 saturated heterocycles. The summed E-state index contributed by atoms with van der Waals surface area (Å²) in [6.45, 7) is 0.654. The molecule has 0 saturated carbocycles. The molecule has 0 heterocycles. The quantitative estimate of drug-likeness (QED) is 0.456. The average molecular weight is 430 g/mol. The fraction of sp³-hybridized carbons (Fsp3) is 0.259. The van der Waals surface area contributed by atoms with Gasteiger partial charge in [0.2, 0.25) is 0 Å². The van der Waals surface area contributed by atoms with Crippen molar-refractivity contribution in [3.63, 3.8) is 0 Å². The highest BCUT2D eigenvalue weighted by molar-refractivity contribution is 5.79. The van der Waals surface area contributed by atoms with Crippen LogP contribution in [0.25, 0.3) is 11.1 Å². The van der Waals surface area contributed by atoms with E-state index >= 15 is 0 Å². The van der Waals surface area contributed by atoms with Gasteiger partial charge in [0.05, 0.1) is 5.92 Å². The van der Waals surface area contributed by atoms with Gasteiger partial charge in [-0.3, -0.25) is 4.79 Å². The van der Waals surface area contributed by atoms with Crippen molar-refractivity contribution in [1.82, 2.24) is 5.32 Å². The summed E-state index contributed by atoms with van der Waals surface area (Å²) >= 11 is 0. The van der Waals surface area contributed by atoms with Crippen LogP contribution in [-0.4, -0.2) is 30.3 Å². The molecule has 4 rings (SSSR count). The monoisotopic (exact) mass is 429 g/mol. The van der Waals surface area contributed by atoms with E-state index in [1.54, 1.807) is 0 Å². The Morgan fingerprint density at radius 2 is 1.47 bits per heavy atom. The molecular weight excluding hydrogens is 402 g/mol. The van der Waals surface area contributed by atoms with Crippen molar-refractivity contribution >= 4 is 12.1 Å². The van der Waals surface area contributed by atoms with Gasteiger partial charge in [0.1, 0.15) is 6.61 Å². The Bertz CT molecular complexity index is 1030. The van der Waals surface area contributed by atoms with Gasteiger partial charge in [-0.15, -0.1) is 0 Å². The maximum atomic E-state index is 12.2. The number of benzene rings is 3. The number of nitrogens with one attached hydrogen (secondary N) is 1. The number of ether oxygens (including phenoxy) is 1. The Balaban J connectivity index is 1.25. The Labute approximate surface area is 188 Å². The number of carbonyl (C=O) groups is 2. The van der Waals surface area contributed by atoms with Gasteiger partial charge in [-0.25, -0.2) is 4.79 Å². The van der Waals surface area contributed by atoms with Crippen LogP contribution in [0.4, 0.5) is 4.79 Å². The maximum Gasteiger partial charge on any atom is 0.407 e. The van der Waals surface area contributed by atoms with E-state index in [1.807, 2.05) is 54.6 Å². The summed E-state index contributed by atoms with van der Waals surface area (Å²) in [5.41, 5.74) is 5.73. The SMILES string of the molecule is O=C(NCCCC(Cc1ccccc1)C(=O)O)OCC1c2ccccc2-c2ccccc21. The van der Waals surface area contributed by atoms with E-state index in [2.05, 4.69) is 29.6 Å². The van der Waals surface area contributed by atoms with Gasteiger partial charge < -0.3 is 15.2 Å². The van der Waals surface area contributed by atoms with E-state index in [9.17, 15) is 14.7 Å². The first-order valence-electron chi connectivity index (χ1n) is 11.0. The van der Waals surface area contributed by atoms with Crippen molar-refractivity contribution in [2.24, 2.45) is 5.92 Å². The summed E-state index contributed by atoms with van der Waals surface area (Å²) in [5, 5.41) is 12.3. The van der Waals surface area contributed by atoms with Gasteiger partial charge in [0.15, 0.2) is 0 Å². The first-order valence-corrected chi connectivity index (χ1v) is 11.0. The van der Waals surface area contributed by atoms with Crippen LogP contribution in [0.15, 0.2) is 78.9 Å². The number of carboxylic acid groups (broad SMARTS) is 1.